The highest BCUT2D eigenvalue weighted by Gasteiger charge is 2.09. The average Bonchev–Trinajstić information content (AvgIpc) is 2.50. The van der Waals surface area contributed by atoms with Crippen LogP contribution in [0.15, 0.2) is 47.4 Å². The summed E-state index contributed by atoms with van der Waals surface area (Å²) in [4.78, 5) is 34.5. The summed E-state index contributed by atoms with van der Waals surface area (Å²) >= 11 is 0. The van der Waals surface area contributed by atoms with Crippen LogP contribution in [0, 0.1) is 0 Å². The number of carbonyl (C=O) groups excluding carboxylic acids is 1. The highest BCUT2D eigenvalue weighted by Crippen LogP contribution is 2.10. The molecule has 1 aromatic carbocycles. The molecule has 1 aromatic heterocycles. The number of anilines is 1. The van der Waals surface area contributed by atoms with Crippen molar-refractivity contribution in [1.29, 1.82) is 0 Å². The molecule has 2 N–H and O–H groups in total. The number of benzene rings is 1. The van der Waals surface area contributed by atoms with E-state index in [1.54, 1.807) is 12.1 Å². The molecule has 0 aliphatic rings. The molecule has 0 saturated heterocycles. The first kappa shape index (κ1) is 15.5. The van der Waals surface area contributed by atoms with E-state index < -0.39 is 17.4 Å². The lowest BCUT2D eigenvalue weighted by Gasteiger charge is -2.08. The molecule has 2 aromatic rings. The highest BCUT2D eigenvalue weighted by atomic mass is 16.4. The fraction of sp³-hybridized carbons (Fsp3) is 0.188. The summed E-state index contributed by atoms with van der Waals surface area (Å²) in [7, 11) is 0. The summed E-state index contributed by atoms with van der Waals surface area (Å²) in [6.45, 7) is 1.80. The highest BCUT2D eigenvalue weighted by molar-refractivity contribution is 5.91. The van der Waals surface area contributed by atoms with E-state index in [-0.39, 0.29) is 12.1 Å². The smallest absolute Gasteiger partial charge is 0.337 e. The zero-order valence-electron chi connectivity index (χ0n) is 12.1. The molecular weight excluding hydrogens is 284 g/mol. The lowest BCUT2D eigenvalue weighted by atomic mass is 10.1. The van der Waals surface area contributed by atoms with E-state index in [9.17, 15) is 14.4 Å². The first-order chi connectivity index (χ1) is 10.5. The van der Waals surface area contributed by atoms with Gasteiger partial charge in [-0.2, -0.15) is 0 Å². The molecule has 0 aliphatic heterocycles. The maximum Gasteiger partial charge on any atom is 0.337 e. The Balaban J connectivity index is 2.09. The quantitative estimate of drug-likeness (QED) is 0.880. The number of hydrogen-bond donors (Lipinski definition) is 2. The summed E-state index contributed by atoms with van der Waals surface area (Å²) in [5, 5.41) is 11.6. The number of nitrogens with zero attached hydrogens (tertiary/aromatic N) is 1. The summed E-state index contributed by atoms with van der Waals surface area (Å²) in [5.41, 5.74) is 1.31. The van der Waals surface area contributed by atoms with Crippen molar-refractivity contribution in [2.24, 2.45) is 0 Å². The van der Waals surface area contributed by atoms with E-state index in [0.29, 0.717) is 5.69 Å². The Morgan fingerprint density at radius 2 is 1.82 bits per heavy atom. The van der Waals surface area contributed by atoms with Gasteiger partial charge in [-0.15, -0.1) is 0 Å². The van der Waals surface area contributed by atoms with Crippen LogP contribution in [0.1, 0.15) is 22.8 Å². The Kier molecular flexibility index (Phi) is 4.73. The Morgan fingerprint density at radius 1 is 1.14 bits per heavy atom. The Hall–Kier alpha value is -2.89. The molecule has 0 radical (unpaired) electrons. The second kappa shape index (κ2) is 6.71. The normalized spacial score (nSPS) is 10.2. The molecule has 6 nitrogen and oxygen atoms in total. The monoisotopic (exact) mass is 300 g/mol. The fourth-order valence-corrected chi connectivity index (χ4v) is 1.96. The van der Waals surface area contributed by atoms with Crippen LogP contribution in [-0.2, 0) is 17.8 Å². The van der Waals surface area contributed by atoms with Crippen molar-refractivity contribution in [1.82, 2.24) is 4.57 Å². The summed E-state index contributed by atoms with van der Waals surface area (Å²) < 4.78 is 1.07. The van der Waals surface area contributed by atoms with Crippen LogP contribution in [0.2, 0.25) is 0 Å². The van der Waals surface area contributed by atoms with Gasteiger partial charge in [-0.25, -0.2) is 4.79 Å². The zero-order chi connectivity index (χ0) is 16.1. The summed E-state index contributed by atoms with van der Waals surface area (Å²) in [6, 6.07) is 9.73. The number of carbonyl (C=O) groups is 2. The number of pyridine rings is 1. The van der Waals surface area contributed by atoms with E-state index >= 15 is 0 Å². The number of rotatable bonds is 5. The van der Waals surface area contributed by atoms with Crippen molar-refractivity contribution in [3.05, 3.63) is 64.1 Å². The molecule has 0 bridgehead atoms. The number of aryl methyl sites for hydroxylation is 1. The van der Waals surface area contributed by atoms with Crippen molar-refractivity contribution in [2.45, 2.75) is 19.9 Å². The number of amides is 1. The number of carboxylic acids is 1. The van der Waals surface area contributed by atoms with Crippen LogP contribution in [0.4, 0.5) is 5.69 Å². The molecule has 22 heavy (non-hydrogen) atoms. The zero-order valence-corrected chi connectivity index (χ0v) is 12.1. The Labute approximate surface area is 127 Å². The van der Waals surface area contributed by atoms with Gasteiger partial charge in [-0.05, 0) is 30.2 Å². The minimum atomic E-state index is -1.15. The minimum Gasteiger partial charge on any atom is -0.478 e. The lowest BCUT2D eigenvalue weighted by molar-refractivity contribution is -0.116. The average molecular weight is 300 g/mol. The predicted molar refractivity (Wildman–Crippen MR) is 82.1 cm³/mol. The predicted octanol–water partition coefficient (Wildman–Crippen LogP) is 1.75. The van der Waals surface area contributed by atoms with Gasteiger partial charge in [0.2, 0.25) is 5.91 Å². The third-order valence-corrected chi connectivity index (χ3v) is 3.19. The SMILES string of the molecule is CCc1ccc(NC(=O)Cn2cc(C(=O)O)ccc2=O)cc1. The molecule has 0 saturated carbocycles. The molecular formula is C16H16N2O4. The van der Waals surface area contributed by atoms with Gasteiger partial charge in [0.1, 0.15) is 6.54 Å². The minimum absolute atomic E-state index is 0.0419. The topological polar surface area (TPSA) is 88.4 Å². The molecule has 0 aliphatic carbocycles. The molecule has 0 fully saturated rings. The third-order valence-electron chi connectivity index (χ3n) is 3.19. The molecule has 1 amide bonds. The maximum atomic E-state index is 12.0. The standard InChI is InChI=1S/C16H16N2O4/c1-2-11-3-6-13(7-4-11)17-14(19)10-18-9-12(16(21)22)5-8-15(18)20/h3-9H,2,10H2,1H3,(H,17,19)(H,21,22). The maximum absolute atomic E-state index is 12.0. The van der Waals surface area contributed by atoms with E-state index in [1.165, 1.54) is 6.07 Å². The van der Waals surface area contributed by atoms with Gasteiger partial charge in [0.15, 0.2) is 0 Å². The van der Waals surface area contributed by atoms with Crippen LogP contribution in [0.5, 0.6) is 0 Å². The van der Waals surface area contributed by atoms with Gasteiger partial charge in [0, 0.05) is 18.0 Å². The van der Waals surface area contributed by atoms with Crippen LogP contribution in [0.3, 0.4) is 0 Å². The first-order valence-electron chi connectivity index (χ1n) is 6.82. The van der Waals surface area contributed by atoms with Crippen LogP contribution >= 0.6 is 0 Å². The van der Waals surface area contributed by atoms with Gasteiger partial charge < -0.3 is 15.0 Å². The van der Waals surface area contributed by atoms with Gasteiger partial charge in [-0.3, -0.25) is 9.59 Å². The van der Waals surface area contributed by atoms with E-state index in [1.807, 2.05) is 19.1 Å². The molecule has 0 unspecified atom stereocenters. The third kappa shape index (κ3) is 3.82. The van der Waals surface area contributed by atoms with Gasteiger partial charge in [0.25, 0.3) is 5.56 Å². The molecule has 0 atom stereocenters. The molecule has 6 heteroatoms. The lowest BCUT2D eigenvalue weighted by Crippen LogP contribution is -2.27. The molecule has 0 spiro atoms. The van der Waals surface area contributed by atoms with Crippen molar-refractivity contribution in [3.63, 3.8) is 0 Å². The van der Waals surface area contributed by atoms with Crippen LogP contribution in [0.25, 0.3) is 0 Å². The van der Waals surface area contributed by atoms with E-state index in [0.717, 1.165) is 28.8 Å². The van der Waals surface area contributed by atoms with E-state index in [4.69, 9.17) is 5.11 Å². The van der Waals surface area contributed by atoms with Gasteiger partial charge in [0.05, 0.1) is 5.56 Å². The summed E-state index contributed by atoms with van der Waals surface area (Å²) in [6.07, 6.45) is 2.07. The number of carboxylic acid groups (broad SMARTS) is 1. The second-order valence-corrected chi connectivity index (χ2v) is 4.79. The number of aromatic nitrogens is 1. The van der Waals surface area contributed by atoms with Gasteiger partial charge >= 0.3 is 5.97 Å². The number of hydrogen-bond acceptors (Lipinski definition) is 3. The summed E-state index contributed by atoms with van der Waals surface area (Å²) in [5.74, 6) is -1.54. The van der Waals surface area contributed by atoms with Crippen LogP contribution in [-0.4, -0.2) is 21.6 Å². The first-order valence-corrected chi connectivity index (χ1v) is 6.82. The Bertz CT molecular complexity index is 747. The fourth-order valence-electron chi connectivity index (χ4n) is 1.96. The molecule has 2 rings (SSSR count). The van der Waals surface area contributed by atoms with E-state index in [2.05, 4.69) is 5.32 Å². The number of aromatic carboxylic acids is 1. The number of nitrogens with one attached hydrogen (secondary N) is 1. The van der Waals surface area contributed by atoms with Crippen molar-refractivity contribution < 1.29 is 14.7 Å². The molecule has 1 heterocycles. The second-order valence-electron chi connectivity index (χ2n) is 4.79. The van der Waals surface area contributed by atoms with Crippen molar-refractivity contribution in [3.8, 4) is 0 Å². The Morgan fingerprint density at radius 3 is 2.41 bits per heavy atom. The van der Waals surface area contributed by atoms with Crippen molar-refractivity contribution >= 4 is 17.6 Å². The van der Waals surface area contributed by atoms with Crippen LogP contribution < -0.4 is 10.9 Å². The van der Waals surface area contributed by atoms with Crippen molar-refractivity contribution in [2.75, 3.05) is 5.32 Å². The van der Waals surface area contributed by atoms with Gasteiger partial charge in [-0.1, -0.05) is 19.1 Å². The largest absolute Gasteiger partial charge is 0.478 e. The molecule has 114 valence electrons.